The Bertz CT molecular complexity index is 1090. The Morgan fingerprint density at radius 1 is 1.09 bits per heavy atom. The molecule has 5 atom stereocenters. The fraction of sp³-hybridized carbons (Fsp3) is 0.556. The van der Waals surface area contributed by atoms with Crippen LogP contribution in [-0.4, -0.2) is 36.6 Å². The molecule has 7 heteroatoms. The van der Waals surface area contributed by atoms with E-state index >= 15 is 0 Å². The van der Waals surface area contributed by atoms with Crippen LogP contribution in [0.5, 0.6) is 0 Å². The minimum atomic E-state index is -4.62. The summed E-state index contributed by atoms with van der Waals surface area (Å²) in [4.78, 5) is 12.4. The van der Waals surface area contributed by atoms with E-state index in [1.807, 2.05) is 24.3 Å². The lowest BCUT2D eigenvalue weighted by Gasteiger charge is -2.52. The van der Waals surface area contributed by atoms with E-state index in [2.05, 4.69) is 12.1 Å². The summed E-state index contributed by atoms with van der Waals surface area (Å²) in [7, 11) is 1.76. The van der Waals surface area contributed by atoms with Crippen LogP contribution in [0.1, 0.15) is 68.9 Å². The van der Waals surface area contributed by atoms with Crippen LogP contribution in [0.4, 0.5) is 13.2 Å². The summed E-state index contributed by atoms with van der Waals surface area (Å²) in [5, 5.41) is 11.9. The highest BCUT2D eigenvalue weighted by molar-refractivity contribution is 6.00. The number of hydrogen-bond donors (Lipinski definition) is 1. The molecule has 1 aromatic carbocycles. The van der Waals surface area contributed by atoms with Gasteiger partial charge in [-0.3, -0.25) is 4.79 Å². The molecule has 2 saturated carbocycles. The number of oxime groups is 1. The van der Waals surface area contributed by atoms with Gasteiger partial charge in [-0.25, -0.2) is 0 Å². The second kappa shape index (κ2) is 8.36. The molecule has 0 radical (unpaired) electrons. The molecule has 1 aromatic rings. The highest BCUT2D eigenvalue weighted by Gasteiger charge is 2.57. The number of nitrogens with zero attached hydrogens (tertiary/aromatic N) is 1. The van der Waals surface area contributed by atoms with E-state index in [0.29, 0.717) is 25.2 Å². The van der Waals surface area contributed by atoms with Crippen LogP contribution in [-0.2, 0) is 9.53 Å². The fourth-order valence-electron chi connectivity index (χ4n) is 7.61. The quantitative estimate of drug-likeness (QED) is 0.317. The number of halogens is 3. The molecule has 0 bridgehead atoms. The summed E-state index contributed by atoms with van der Waals surface area (Å²) >= 11 is 0. The molecule has 0 aromatic heterocycles. The SMILES string of the molecule is CO[C@H]1CCC2C3CCC4=C(C(F)(F)F)C(=O)CCC4=C3[C@@H](c3ccc(/C=N/O)cc3)C[C@@]21C. The predicted molar refractivity (Wildman–Crippen MR) is 122 cm³/mol. The number of benzene rings is 1. The first-order valence-electron chi connectivity index (χ1n) is 12.1. The van der Waals surface area contributed by atoms with Gasteiger partial charge in [0.2, 0.25) is 0 Å². The lowest BCUT2D eigenvalue weighted by Crippen LogP contribution is -2.45. The molecule has 4 aliphatic carbocycles. The van der Waals surface area contributed by atoms with Crippen molar-refractivity contribution in [2.45, 2.75) is 70.1 Å². The van der Waals surface area contributed by atoms with Crippen molar-refractivity contribution in [1.82, 2.24) is 0 Å². The van der Waals surface area contributed by atoms with Gasteiger partial charge in [-0.15, -0.1) is 0 Å². The monoisotopic (exact) mass is 473 g/mol. The zero-order valence-corrected chi connectivity index (χ0v) is 19.5. The second-order valence-corrected chi connectivity index (χ2v) is 10.4. The summed E-state index contributed by atoms with van der Waals surface area (Å²) < 4.78 is 47.8. The second-order valence-electron chi connectivity index (χ2n) is 10.4. The molecule has 182 valence electrons. The molecule has 0 saturated heterocycles. The van der Waals surface area contributed by atoms with E-state index in [4.69, 9.17) is 9.94 Å². The smallest absolute Gasteiger partial charge is 0.411 e. The number of rotatable bonds is 3. The predicted octanol–water partition coefficient (Wildman–Crippen LogP) is 6.34. The van der Waals surface area contributed by atoms with Crippen molar-refractivity contribution in [3.05, 3.63) is 57.7 Å². The van der Waals surface area contributed by atoms with Crippen LogP contribution in [0, 0.1) is 17.3 Å². The number of Topliss-reactive ketones (excluding diaryl/α,β-unsaturated/α-hetero) is 1. The Balaban J connectivity index is 1.70. The Morgan fingerprint density at radius 2 is 1.82 bits per heavy atom. The molecule has 2 fully saturated rings. The molecule has 4 aliphatic rings. The van der Waals surface area contributed by atoms with Crippen molar-refractivity contribution < 1.29 is 27.9 Å². The van der Waals surface area contributed by atoms with Crippen molar-refractivity contribution in [3.8, 4) is 0 Å². The average molecular weight is 474 g/mol. The maximum absolute atomic E-state index is 13.9. The first kappa shape index (κ1) is 23.3. The zero-order chi connectivity index (χ0) is 24.3. The van der Waals surface area contributed by atoms with Gasteiger partial charge in [0.05, 0.1) is 12.3 Å². The third-order valence-electron chi connectivity index (χ3n) is 8.94. The molecule has 0 amide bonds. The van der Waals surface area contributed by atoms with Gasteiger partial charge in [0.1, 0.15) is 5.57 Å². The molecule has 34 heavy (non-hydrogen) atoms. The first-order chi connectivity index (χ1) is 16.2. The van der Waals surface area contributed by atoms with Gasteiger partial charge in [0.15, 0.2) is 5.78 Å². The highest BCUT2D eigenvalue weighted by Crippen LogP contribution is 2.64. The molecule has 1 N–H and O–H groups in total. The van der Waals surface area contributed by atoms with Crippen LogP contribution in [0.25, 0.3) is 0 Å². The minimum absolute atomic E-state index is 0.0323. The maximum Gasteiger partial charge on any atom is 0.420 e. The van der Waals surface area contributed by atoms with Crippen molar-refractivity contribution in [3.63, 3.8) is 0 Å². The summed E-state index contributed by atoms with van der Waals surface area (Å²) in [5.41, 5.74) is 2.99. The lowest BCUT2D eigenvalue weighted by molar-refractivity contribution is -0.129. The number of hydrogen-bond acceptors (Lipinski definition) is 4. The normalized spacial score (nSPS) is 33.9. The number of carbonyl (C=O) groups is 1. The highest BCUT2D eigenvalue weighted by atomic mass is 19.4. The topological polar surface area (TPSA) is 58.9 Å². The van der Waals surface area contributed by atoms with Crippen LogP contribution in [0.2, 0.25) is 0 Å². The Morgan fingerprint density at radius 3 is 2.47 bits per heavy atom. The molecule has 0 heterocycles. The minimum Gasteiger partial charge on any atom is -0.411 e. The van der Waals surface area contributed by atoms with Crippen molar-refractivity contribution in [1.29, 1.82) is 0 Å². The zero-order valence-electron chi connectivity index (χ0n) is 19.5. The van der Waals surface area contributed by atoms with Crippen LogP contribution >= 0.6 is 0 Å². The van der Waals surface area contributed by atoms with Crippen molar-refractivity contribution >= 4 is 12.0 Å². The first-order valence-corrected chi connectivity index (χ1v) is 12.1. The van der Waals surface area contributed by atoms with Gasteiger partial charge in [-0.2, -0.15) is 13.2 Å². The molecule has 0 spiro atoms. The Labute approximate surface area is 197 Å². The summed E-state index contributed by atoms with van der Waals surface area (Å²) in [6, 6.07) is 7.72. The molecule has 5 rings (SSSR count). The standard InChI is InChI=1S/C27H30F3NO3/c1-26-13-20(16-5-3-15(4-6-16)14-31-33)24-17-9-11-22(32)25(27(28,29)30)18(17)7-8-19(24)21(26)10-12-23(26)34-2/h3-6,14,19-21,23,33H,7-13H2,1-2H3/b31-14+/t19?,20-,21?,23+,26+/m1/s1. The molecule has 2 unspecified atom stereocenters. The van der Waals surface area contributed by atoms with Gasteiger partial charge in [0, 0.05) is 19.4 Å². The third kappa shape index (κ3) is 3.55. The van der Waals surface area contributed by atoms with Crippen LogP contribution in [0.3, 0.4) is 0 Å². The maximum atomic E-state index is 13.9. The molecular formula is C27H30F3NO3. The van der Waals surface area contributed by atoms with Gasteiger partial charge >= 0.3 is 6.18 Å². The summed E-state index contributed by atoms with van der Waals surface area (Å²) in [5.74, 6) is -0.236. The van der Waals surface area contributed by atoms with E-state index in [-0.39, 0.29) is 35.3 Å². The van der Waals surface area contributed by atoms with Gasteiger partial charge < -0.3 is 9.94 Å². The van der Waals surface area contributed by atoms with E-state index < -0.39 is 17.5 Å². The lowest BCUT2D eigenvalue weighted by atomic mass is 9.53. The van der Waals surface area contributed by atoms with Crippen LogP contribution < -0.4 is 0 Å². The molecule has 0 aliphatic heterocycles. The molecule has 4 nitrogen and oxygen atoms in total. The number of ether oxygens (including phenoxy) is 1. The van der Waals surface area contributed by atoms with Crippen LogP contribution in [0.15, 0.2) is 51.7 Å². The fourth-order valence-corrected chi connectivity index (χ4v) is 7.61. The summed E-state index contributed by atoms with van der Waals surface area (Å²) in [6.07, 6.45) is 0.913. The number of ketones is 1. The number of fused-ring (bicyclic) bond motifs is 4. The van der Waals surface area contributed by atoms with E-state index in [9.17, 15) is 18.0 Å². The largest absolute Gasteiger partial charge is 0.420 e. The number of methoxy groups -OCH3 is 1. The Kier molecular flexibility index (Phi) is 5.74. The van der Waals surface area contributed by atoms with E-state index in [0.717, 1.165) is 41.5 Å². The number of alkyl halides is 3. The van der Waals surface area contributed by atoms with E-state index in [1.54, 1.807) is 7.11 Å². The van der Waals surface area contributed by atoms with Gasteiger partial charge in [-0.05, 0) is 78.0 Å². The average Bonchev–Trinajstić information content (AvgIpc) is 3.14. The number of allylic oxidation sites excluding steroid dienone is 4. The Hall–Kier alpha value is -2.41. The summed E-state index contributed by atoms with van der Waals surface area (Å²) in [6.45, 7) is 2.29. The molecular weight excluding hydrogens is 443 g/mol. The number of carbonyl (C=O) groups excluding carboxylic acids is 1. The van der Waals surface area contributed by atoms with Gasteiger partial charge in [0.25, 0.3) is 0 Å². The van der Waals surface area contributed by atoms with E-state index in [1.165, 1.54) is 6.21 Å². The van der Waals surface area contributed by atoms with Gasteiger partial charge in [-0.1, -0.05) is 41.9 Å². The van der Waals surface area contributed by atoms with Crippen molar-refractivity contribution in [2.24, 2.45) is 22.4 Å². The third-order valence-corrected chi connectivity index (χ3v) is 8.94. The van der Waals surface area contributed by atoms with Crippen molar-refractivity contribution in [2.75, 3.05) is 7.11 Å².